The predicted octanol–water partition coefficient (Wildman–Crippen LogP) is 3.56. The molecule has 0 radical (unpaired) electrons. The van der Waals surface area contributed by atoms with Crippen LogP contribution in [0.2, 0.25) is 0 Å². The lowest BCUT2D eigenvalue weighted by molar-refractivity contribution is -0.121. The van der Waals surface area contributed by atoms with Crippen LogP contribution in [-0.2, 0) is 21.4 Å². The van der Waals surface area contributed by atoms with Gasteiger partial charge in [0.2, 0.25) is 15.9 Å². The quantitative estimate of drug-likeness (QED) is 0.695. The standard InChI is InChI=1S/C23H30N2O4S/c1-18-9-10-22(19(2)15-18)29-14-11-23(26)24-17-20-7-6-8-21(16-20)30(27,28)25-12-4-3-5-13-25/h6-10,15-16H,3-5,11-14,17H2,1-2H3,(H,24,26). The zero-order valence-electron chi connectivity index (χ0n) is 17.7. The van der Waals surface area contributed by atoms with Gasteiger partial charge in [-0.15, -0.1) is 0 Å². The van der Waals surface area contributed by atoms with Crippen LogP contribution in [0.3, 0.4) is 0 Å². The molecule has 0 unspecified atom stereocenters. The first-order valence-corrected chi connectivity index (χ1v) is 11.9. The number of rotatable bonds is 8. The van der Waals surface area contributed by atoms with Crippen molar-refractivity contribution in [2.75, 3.05) is 19.7 Å². The van der Waals surface area contributed by atoms with Crippen LogP contribution < -0.4 is 10.1 Å². The Morgan fingerprint density at radius 2 is 1.83 bits per heavy atom. The van der Waals surface area contributed by atoms with E-state index in [9.17, 15) is 13.2 Å². The van der Waals surface area contributed by atoms with Crippen LogP contribution in [-0.4, -0.2) is 38.3 Å². The zero-order chi connectivity index (χ0) is 21.6. The van der Waals surface area contributed by atoms with Crippen molar-refractivity contribution >= 4 is 15.9 Å². The monoisotopic (exact) mass is 430 g/mol. The van der Waals surface area contributed by atoms with E-state index in [0.29, 0.717) is 19.7 Å². The summed E-state index contributed by atoms with van der Waals surface area (Å²) in [5.41, 5.74) is 2.97. The van der Waals surface area contributed by atoms with Crippen LogP contribution in [0.15, 0.2) is 47.4 Å². The molecule has 1 aliphatic rings. The molecule has 0 spiro atoms. The van der Waals surface area contributed by atoms with Gasteiger partial charge in [0.05, 0.1) is 17.9 Å². The number of piperidine rings is 1. The third-order valence-corrected chi connectivity index (χ3v) is 7.15. The fourth-order valence-electron chi connectivity index (χ4n) is 3.57. The maximum Gasteiger partial charge on any atom is 0.243 e. The van der Waals surface area contributed by atoms with Crippen LogP contribution in [0.1, 0.15) is 42.4 Å². The molecule has 1 saturated heterocycles. The van der Waals surface area contributed by atoms with Gasteiger partial charge in [0, 0.05) is 19.6 Å². The Kier molecular flexibility index (Phi) is 7.50. The van der Waals surface area contributed by atoms with Crippen LogP contribution in [0.4, 0.5) is 0 Å². The molecule has 30 heavy (non-hydrogen) atoms. The van der Waals surface area contributed by atoms with E-state index in [1.165, 1.54) is 5.56 Å². The molecular weight excluding hydrogens is 400 g/mol. The van der Waals surface area contributed by atoms with Gasteiger partial charge >= 0.3 is 0 Å². The molecule has 1 fully saturated rings. The number of hydrogen-bond acceptors (Lipinski definition) is 4. The fraction of sp³-hybridized carbons (Fsp3) is 0.435. The van der Waals surface area contributed by atoms with Crippen molar-refractivity contribution in [3.63, 3.8) is 0 Å². The maximum absolute atomic E-state index is 12.8. The Hall–Kier alpha value is -2.38. The normalized spacial score (nSPS) is 15.0. The molecular formula is C23H30N2O4S. The first-order valence-electron chi connectivity index (χ1n) is 10.4. The van der Waals surface area contributed by atoms with E-state index < -0.39 is 10.0 Å². The van der Waals surface area contributed by atoms with Crippen molar-refractivity contribution in [1.29, 1.82) is 0 Å². The smallest absolute Gasteiger partial charge is 0.243 e. The second-order valence-corrected chi connectivity index (χ2v) is 9.69. The molecule has 0 aliphatic carbocycles. The predicted molar refractivity (Wildman–Crippen MR) is 117 cm³/mol. The van der Waals surface area contributed by atoms with Crippen molar-refractivity contribution in [1.82, 2.24) is 9.62 Å². The molecule has 0 aromatic heterocycles. The molecule has 3 rings (SSSR count). The molecule has 7 heteroatoms. The van der Waals surface area contributed by atoms with Gasteiger partial charge in [-0.25, -0.2) is 8.42 Å². The highest BCUT2D eigenvalue weighted by molar-refractivity contribution is 7.89. The summed E-state index contributed by atoms with van der Waals surface area (Å²) < 4.78 is 32.9. The number of aryl methyl sites for hydroxylation is 2. The Balaban J connectivity index is 1.50. The highest BCUT2D eigenvalue weighted by Crippen LogP contribution is 2.21. The summed E-state index contributed by atoms with van der Waals surface area (Å²) in [7, 11) is -3.47. The van der Waals surface area contributed by atoms with Gasteiger partial charge in [0.15, 0.2) is 0 Å². The molecule has 6 nitrogen and oxygen atoms in total. The first kappa shape index (κ1) is 22.3. The largest absolute Gasteiger partial charge is 0.493 e. The maximum atomic E-state index is 12.8. The number of carbonyl (C=O) groups is 1. The minimum absolute atomic E-state index is 0.135. The van der Waals surface area contributed by atoms with E-state index in [0.717, 1.165) is 36.1 Å². The SMILES string of the molecule is Cc1ccc(OCCC(=O)NCc2cccc(S(=O)(=O)N3CCCCC3)c2)c(C)c1. The van der Waals surface area contributed by atoms with E-state index in [-0.39, 0.29) is 23.8 Å². The van der Waals surface area contributed by atoms with Crippen LogP contribution in [0.5, 0.6) is 5.75 Å². The Morgan fingerprint density at radius 3 is 2.57 bits per heavy atom. The lowest BCUT2D eigenvalue weighted by Gasteiger charge is -2.26. The highest BCUT2D eigenvalue weighted by atomic mass is 32.2. The number of nitrogens with zero attached hydrogens (tertiary/aromatic N) is 1. The number of sulfonamides is 1. The van der Waals surface area contributed by atoms with Gasteiger partial charge in [-0.1, -0.05) is 36.2 Å². The number of hydrogen-bond donors (Lipinski definition) is 1. The summed E-state index contributed by atoms with van der Waals surface area (Å²) in [6.07, 6.45) is 3.11. The van der Waals surface area contributed by atoms with Gasteiger partial charge in [-0.2, -0.15) is 4.31 Å². The van der Waals surface area contributed by atoms with Crippen molar-refractivity contribution in [2.45, 2.75) is 51.0 Å². The summed E-state index contributed by atoms with van der Waals surface area (Å²) in [6, 6.07) is 12.7. The second kappa shape index (κ2) is 10.1. The Labute approximate surface area is 179 Å². The van der Waals surface area contributed by atoms with E-state index in [1.807, 2.05) is 38.1 Å². The van der Waals surface area contributed by atoms with Crippen molar-refractivity contribution in [2.24, 2.45) is 0 Å². The molecule has 162 valence electrons. The summed E-state index contributed by atoms with van der Waals surface area (Å²) in [6.45, 7) is 5.72. The molecule has 0 bridgehead atoms. The van der Waals surface area contributed by atoms with Crippen LogP contribution in [0, 0.1) is 13.8 Å². The molecule has 1 aliphatic heterocycles. The Bertz CT molecular complexity index is 982. The van der Waals surface area contributed by atoms with Crippen molar-refractivity contribution in [3.8, 4) is 5.75 Å². The van der Waals surface area contributed by atoms with Gasteiger partial charge in [-0.3, -0.25) is 4.79 Å². The van der Waals surface area contributed by atoms with Crippen LogP contribution in [0.25, 0.3) is 0 Å². The molecule has 2 aromatic carbocycles. The molecule has 1 heterocycles. The average Bonchev–Trinajstić information content (AvgIpc) is 2.74. The number of ether oxygens (including phenoxy) is 1. The lowest BCUT2D eigenvalue weighted by atomic mass is 10.1. The molecule has 0 atom stereocenters. The summed E-state index contributed by atoms with van der Waals surface area (Å²) in [4.78, 5) is 12.4. The fourth-order valence-corrected chi connectivity index (χ4v) is 5.16. The number of benzene rings is 2. The highest BCUT2D eigenvalue weighted by Gasteiger charge is 2.25. The van der Waals surface area contributed by atoms with E-state index >= 15 is 0 Å². The number of nitrogens with one attached hydrogen (secondary N) is 1. The first-order chi connectivity index (χ1) is 14.4. The molecule has 1 amide bonds. The average molecular weight is 431 g/mol. The van der Waals surface area contributed by atoms with E-state index in [1.54, 1.807) is 22.5 Å². The minimum atomic E-state index is -3.47. The molecule has 2 aromatic rings. The third-order valence-electron chi connectivity index (χ3n) is 5.26. The number of amides is 1. The minimum Gasteiger partial charge on any atom is -0.493 e. The van der Waals surface area contributed by atoms with E-state index in [2.05, 4.69) is 5.32 Å². The summed E-state index contributed by atoms with van der Waals surface area (Å²) in [5, 5.41) is 2.84. The zero-order valence-corrected chi connectivity index (χ0v) is 18.5. The topological polar surface area (TPSA) is 75.7 Å². The molecule has 0 saturated carbocycles. The van der Waals surface area contributed by atoms with Crippen LogP contribution >= 0.6 is 0 Å². The Morgan fingerprint density at radius 1 is 1.07 bits per heavy atom. The van der Waals surface area contributed by atoms with Gasteiger partial charge < -0.3 is 10.1 Å². The van der Waals surface area contributed by atoms with Crippen molar-refractivity contribution < 1.29 is 17.9 Å². The van der Waals surface area contributed by atoms with E-state index in [4.69, 9.17) is 4.74 Å². The summed E-state index contributed by atoms with van der Waals surface area (Å²) in [5.74, 6) is 0.646. The van der Waals surface area contributed by atoms with Gasteiger partial charge in [0.25, 0.3) is 0 Å². The molecule has 1 N–H and O–H groups in total. The lowest BCUT2D eigenvalue weighted by Crippen LogP contribution is -2.35. The second-order valence-electron chi connectivity index (χ2n) is 7.76. The van der Waals surface area contributed by atoms with Gasteiger partial charge in [-0.05, 0) is 56.0 Å². The third kappa shape index (κ3) is 5.83. The van der Waals surface area contributed by atoms with Gasteiger partial charge in [0.1, 0.15) is 5.75 Å². The number of carbonyl (C=O) groups excluding carboxylic acids is 1. The summed E-state index contributed by atoms with van der Waals surface area (Å²) >= 11 is 0. The van der Waals surface area contributed by atoms with Crippen molar-refractivity contribution in [3.05, 3.63) is 59.2 Å².